The number of methoxy groups -OCH3 is 1. The molecule has 0 saturated carbocycles. The summed E-state index contributed by atoms with van der Waals surface area (Å²) in [5.41, 5.74) is 18.0. The van der Waals surface area contributed by atoms with Gasteiger partial charge in [0.15, 0.2) is 17.7 Å². The zero-order chi connectivity index (χ0) is 27.6. The van der Waals surface area contributed by atoms with Crippen LogP contribution in [0.3, 0.4) is 0 Å². The van der Waals surface area contributed by atoms with Crippen LogP contribution in [-0.2, 0) is 27.5 Å². The first-order valence-corrected chi connectivity index (χ1v) is 11.6. The molecule has 4 heterocycles. The van der Waals surface area contributed by atoms with Gasteiger partial charge in [-0.15, -0.1) is 0 Å². The fourth-order valence-corrected chi connectivity index (χ4v) is 4.24. The molecule has 0 aromatic carbocycles. The molecule has 17 heteroatoms. The van der Waals surface area contributed by atoms with Crippen LogP contribution in [0.25, 0.3) is 11.2 Å². The molecule has 4 rings (SSSR count). The average Bonchev–Trinajstić information content (AvgIpc) is 3.42. The van der Waals surface area contributed by atoms with Crippen LogP contribution in [0.2, 0.25) is 0 Å². The summed E-state index contributed by atoms with van der Waals surface area (Å²) in [7, 11) is 1.42. The highest BCUT2D eigenvalue weighted by atomic mass is 16.6. The van der Waals surface area contributed by atoms with E-state index >= 15 is 0 Å². The van der Waals surface area contributed by atoms with E-state index in [1.54, 1.807) is 4.90 Å². The minimum Gasteiger partial charge on any atom is -0.480 e. The molecule has 1 aliphatic rings. The quantitative estimate of drug-likeness (QED) is 0.144. The van der Waals surface area contributed by atoms with Crippen molar-refractivity contribution in [3.8, 4) is 0 Å². The van der Waals surface area contributed by atoms with Gasteiger partial charge < -0.3 is 42.0 Å². The molecule has 17 nitrogen and oxygen atoms in total. The van der Waals surface area contributed by atoms with Gasteiger partial charge in [-0.25, -0.2) is 19.7 Å². The van der Waals surface area contributed by atoms with Crippen LogP contribution in [0, 0.1) is 0 Å². The van der Waals surface area contributed by atoms with Gasteiger partial charge in [0.05, 0.1) is 6.33 Å². The SMILES string of the molecule is COCn1cc(CN(CC[C@@H](N)C(=O)O)C[C@H]2O[C@@H](n3cnc4c(N)ncnc43)[C@H](O)[C@@H]2O)c(N)nc1=O. The first-order valence-electron chi connectivity index (χ1n) is 11.6. The van der Waals surface area contributed by atoms with Gasteiger partial charge in [0.25, 0.3) is 0 Å². The average molecular weight is 535 g/mol. The molecule has 3 aromatic heterocycles. The van der Waals surface area contributed by atoms with Crippen LogP contribution in [0.1, 0.15) is 18.2 Å². The van der Waals surface area contributed by atoms with Crippen molar-refractivity contribution in [1.82, 2.24) is 34.0 Å². The molecular weight excluding hydrogens is 504 g/mol. The summed E-state index contributed by atoms with van der Waals surface area (Å²) >= 11 is 0. The maximum atomic E-state index is 12.1. The Morgan fingerprint density at radius 3 is 2.71 bits per heavy atom. The summed E-state index contributed by atoms with van der Waals surface area (Å²) in [6, 6.07) is -1.13. The lowest BCUT2D eigenvalue weighted by Gasteiger charge is -2.27. The van der Waals surface area contributed by atoms with E-state index in [2.05, 4.69) is 19.9 Å². The third-order valence-electron chi connectivity index (χ3n) is 6.27. The number of anilines is 2. The van der Waals surface area contributed by atoms with Crippen LogP contribution in [0.4, 0.5) is 11.6 Å². The molecule has 9 N–H and O–H groups in total. The zero-order valence-corrected chi connectivity index (χ0v) is 20.5. The van der Waals surface area contributed by atoms with Gasteiger partial charge in [0.2, 0.25) is 0 Å². The Balaban J connectivity index is 1.57. The Bertz CT molecular complexity index is 1350. The number of aliphatic hydroxyl groups is 2. The van der Waals surface area contributed by atoms with E-state index < -0.39 is 42.2 Å². The summed E-state index contributed by atoms with van der Waals surface area (Å²) in [5.74, 6) is -1.02. The number of hydrogen-bond donors (Lipinski definition) is 6. The van der Waals surface area contributed by atoms with Crippen LogP contribution >= 0.6 is 0 Å². The number of ether oxygens (including phenoxy) is 2. The van der Waals surface area contributed by atoms with Crippen molar-refractivity contribution in [3.05, 3.63) is 34.9 Å². The Kier molecular flexibility index (Phi) is 8.14. The van der Waals surface area contributed by atoms with Crippen LogP contribution in [0.15, 0.2) is 23.6 Å². The molecule has 38 heavy (non-hydrogen) atoms. The number of carbonyl (C=O) groups is 1. The smallest absolute Gasteiger partial charge is 0.351 e. The predicted molar refractivity (Wildman–Crippen MR) is 131 cm³/mol. The van der Waals surface area contributed by atoms with Crippen LogP contribution in [0.5, 0.6) is 0 Å². The molecular formula is C21H30N10O7. The fraction of sp³-hybridized carbons (Fsp3) is 0.524. The first-order chi connectivity index (χ1) is 18.1. The Labute approximate surface area is 215 Å². The van der Waals surface area contributed by atoms with Crippen LogP contribution in [-0.4, -0.2) is 99.8 Å². The van der Waals surface area contributed by atoms with Gasteiger partial charge in [-0.05, 0) is 6.42 Å². The number of carboxylic acid groups (broad SMARTS) is 1. The molecule has 0 radical (unpaired) electrons. The monoisotopic (exact) mass is 534 g/mol. The summed E-state index contributed by atoms with van der Waals surface area (Å²) in [5, 5.41) is 30.8. The molecule has 1 fully saturated rings. The number of aliphatic hydroxyl groups excluding tert-OH is 2. The van der Waals surface area contributed by atoms with Crippen molar-refractivity contribution < 1.29 is 29.6 Å². The number of hydrogen-bond acceptors (Lipinski definition) is 14. The van der Waals surface area contributed by atoms with Gasteiger partial charge in [-0.3, -0.25) is 18.8 Å². The zero-order valence-electron chi connectivity index (χ0n) is 20.5. The Morgan fingerprint density at radius 2 is 2.00 bits per heavy atom. The maximum Gasteiger partial charge on any atom is 0.351 e. The Morgan fingerprint density at radius 1 is 1.24 bits per heavy atom. The largest absolute Gasteiger partial charge is 0.480 e. The third kappa shape index (κ3) is 5.57. The summed E-state index contributed by atoms with van der Waals surface area (Å²) in [6.45, 7) is 0.281. The van der Waals surface area contributed by atoms with Gasteiger partial charge >= 0.3 is 11.7 Å². The normalized spacial score (nSPS) is 22.3. The van der Waals surface area contributed by atoms with Crippen molar-refractivity contribution in [3.63, 3.8) is 0 Å². The summed E-state index contributed by atoms with van der Waals surface area (Å²) in [6.07, 6.45) is -0.411. The Hall–Kier alpha value is -3.74. The van der Waals surface area contributed by atoms with Crippen molar-refractivity contribution in [2.45, 2.75) is 50.3 Å². The van der Waals surface area contributed by atoms with Gasteiger partial charge in [-0.2, -0.15) is 4.98 Å². The summed E-state index contributed by atoms with van der Waals surface area (Å²) < 4.78 is 13.7. The number of carboxylic acids is 1. The molecule has 206 valence electrons. The lowest BCUT2D eigenvalue weighted by atomic mass is 10.1. The number of imidazole rings is 1. The minimum atomic E-state index is -1.34. The lowest BCUT2D eigenvalue weighted by molar-refractivity contribution is -0.138. The van der Waals surface area contributed by atoms with Gasteiger partial charge in [0, 0.05) is 38.5 Å². The molecule has 1 aliphatic heterocycles. The third-order valence-corrected chi connectivity index (χ3v) is 6.27. The number of nitrogens with zero attached hydrogens (tertiary/aromatic N) is 7. The lowest BCUT2D eigenvalue weighted by Crippen LogP contribution is -2.42. The van der Waals surface area contributed by atoms with Gasteiger partial charge in [0.1, 0.15) is 48.7 Å². The van der Waals surface area contributed by atoms with Crippen molar-refractivity contribution in [2.75, 3.05) is 31.7 Å². The van der Waals surface area contributed by atoms with E-state index in [0.717, 1.165) is 0 Å². The second-order valence-electron chi connectivity index (χ2n) is 8.92. The van der Waals surface area contributed by atoms with Crippen LogP contribution < -0.4 is 22.9 Å². The highest BCUT2D eigenvalue weighted by molar-refractivity contribution is 5.81. The second-order valence-corrected chi connectivity index (χ2v) is 8.92. The number of nitrogens with two attached hydrogens (primary N) is 3. The fourth-order valence-electron chi connectivity index (χ4n) is 4.24. The molecule has 5 atom stereocenters. The molecule has 3 aromatic rings. The minimum absolute atomic E-state index is 0.0113. The second kappa shape index (κ2) is 11.3. The predicted octanol–water partition coefficient (Wildman–Crippen LogP) is -2.93. The van der Waals surface area contributed by atoms with E-state index in [1.165, 1.54) is 35.1 Å². The molecule has 0 spiro atoms. The van der Waals surface area contributed by atoms with Gasteiger partial charge in [-0.1, -0.05) is 0 Å². The summed E-state index contributed by atoms with van der Waals surface area (Å²) in [4.78, 5) is 41.1. The highest BCUT2D eigenvalue weighted by Crippen LogP contribution is 2.32. The number of aromatic nitrogens is 6. The maximum absolute atomic E-state index is 12.1. The van der Waals surface area contributed by atoms with Crippen molar-refractivity contribution >= 4 is 28.8 Å². The molecule has 0 amide bonds. The van der Waals surface area contributed by atoms with E-state index in [4.69, 9.17) is 26.7 Å². The van der Waals surface area contributed by atoms with Crippen molar-refractivity contribution in [2.24, 2.45) is 5.73 Å². The molecule has 0 bridgehead atoms. The van der Waals surface area contributed by atoms with E-state index in [-0.39, 0.29) is 44.4 Å². The van der Waals surface area contributed by atoms with E-state index in [9.17, 15) is 24.9 Å². The standard InChI is InChI=1S/C21H30N10O7/c1-37-9-30-5-10(16(23)28-21(30)36)4-29(3-2-11(22)20(34)35)6-12-14(32)15(33)19(38-12)31-8-27-13-17(24)25-7-26-18(13)31/h5,7-8,11-12,14-15,19,32-33H,2-4,6,9,22H2,1H3,(H,34,35)(H2,23,28,36)(H2,24,25,26)/t11-,12-,14-,15-,19-/m1/s1. The highest BCUT2D eigenvalue weighted by Gasteiger charge is 2.45. The molecule has 0 aliphatic carbocycles. The number of fused-ring (bicyclic) bond motifs is 1. The van der Waals surface area contributed by atoms with E-state index in [1.807, 2.05) is 0 Å². The first kappa shape index (κ1) is 27.3. The number of aliphatic carboxylic acids is 1. The van der Waals surface area contributed by atoms with Crippen molar-refractivity contribution in [1.29, 1.82) is 0 Å². The molecule has 1 saturated heterocycles. The number of nitrogen functional groups attached to an aromatic ring is 2. The topological polar surface area (TPSA) is 256 Å². The molecule has 0 unspecified atom stereocenters. The number of rotatable bonds is 11. The van der Waals surface area contributed by atoms with E-state index in [0.29, 0.717) is 16.7 Å².